The number of amides is 4. The van der Waals surface area contributed by atoms with E-state index in [0.717, 1.165) is 4.90 Å². The number of esters is 2. The summed E-state index contributed by atoms with van der Waals surface area (Å²) < 4.78 is 32.2. The summed E-state index contributed by atoms with van der Waals surface area (Å²) >= 11 is 0. The predicted molar refractivity (Wildman–Crippen MR) is 164 cm³/mol. The molecule has 1 heterocycles. The van der Waals surface area contributed by atoms with Crippen molar-refractivity contribution in [2.24, 2.45) is 0 Å². The molecule has 0 saturated carbocycles. The Bertz CT molecular complexity index is 1070. The van der Waals surface area contributed by atoms with Crippen molar-refractivity contribution in [3.05, 3.63) is 23.9 Å². The lowest BCUT2D eigenvalue weighted by atomic mass is 10.2. The summed E-state index contributed by atoms with van der Waals surface area (Å²) in [6.45, 7) is 12.8. The standard InChI is InChI=1S/C31H49N3O12/c1-30(2,3)45-28(39)10-7-23(29(40)46-31(4,5)6)33-25(36)12-15-41-17-19-43-21-22-44-20-18-42-16-13-32-24(35)11-14-34-26(37)8-9-27(34)38/h7-9H,10-22H2,1-6H3,(H,32,35)(H,33,36)/b23-7+. The summed E-state index contributed by atoms with van der Waals surface area (Å²) in [5, 5.41) is 5.14. The molecule has 1 aliphatic heterocycles. The Morgan fingerprint density at radius 2 is 1.20 bits per heavy atom. The summed E-state index contributed by atoms with van der Waals surface area (Å²) in [4.78, 5) is 72.7. The summed E-state index contributed by atoms with van der Waals surface area (Å²) in [5.74, 6) is -2.91. The lowest BCUT2D eigenvalue weighted by molar-refractivity contribution is -0.153. The number of hydrogen-bond acceptors (Lipinski definition) is 12. The molecule has 0 spiro atoms. The van der Waals surface area contributed by atoms with Gasteiger partial charge in [-0.15, -0.1) is 0 Å². The van der Waals surface area contributed by atoms with Crippen LogP contribution in [0.5, 0.6) is 0 Å². The summed E-state index contributed by atoms with van der Waals surface area (Å²) in [6, 6.07) is 0. The Morgan fingerprint density at radius 3 is 1.72 bits per heavy atom. The number of rotatable bonds is 22. The summed E-state index contributed by atoms with van der Waals surface area (Å²) in [5.41, 5.74) is -1.62. The van der Waals surface area contributed by atoms with E-state index >= 15 is 0 Å². The SMILES string of the molecule is CC(C)(C)OC(=O)C/C=C(/NC(=O)CCOCCOCCOCCOCCNC(=O)CCN1C(=O)C=CC1=O)C(=O)OC(C)(C)C. The number of hydrogen-bond donors (Lipinski definition) is 2. The highest BCUT2D eigenvalue weighted by Gasteiger charge is 2.24. The number of carbonyl (C=O) groups excluding carboxylic acids is 6. The zero-order chi connectivity index (χ0) is 34.6. The van der Waals surface area contributed by atoms with Crippen molar-refractivity contribution < 1.29 is 57.2 Å². The quantitative estimate of drug-likeness (QED) is 0.0729. The zero-order valence-corrected chi connectivity index (χ0v) is 27.8. The molecule has 0 bridgehead atoms. The maximum atomic E-state index is 12.5. The largest absolute Gasteiger partial charge is 0.460 e. The number of ether oxygens (including phenoxy) is 6. The zero-order valence-electron chi connectivity index (χ0n) is 27.8. The third-order valence-electron chi connectivity index (χ3n) is 5.41. The molecule has 46 heavy (non-hydrogen) atoms. The van der Waals surface area contributed by atoms with Gasteiger partial charge in [0, 0.05) is 31.7 Å². The first-order valence-corrected chi connectivity index (χ1v) is 15.1. The van der Waals surface area contributed by atoms with Gasteiger partial charge in [-0.3, -0.25) is 28.9 Å². The van der Waals surface area contributed by atoms with Crippen LogP contribution in [0, 0.1) is 0 Å². The molecule has 0 radical (unpaired) electrons. The molecule has 1 aliphatic rings. The highest BCUT2D eigenvalue weighted by atomic mass is 16.6. The Labute approximate surface area is 270 Å². The molecular formula is C31H49N3O12. The fourth-order valence-electron chi connectivity index (χ4n) is 3.44. The molecule has 1 rings (SSSR count). The third-order valence-corrected chi connectivity index (χ3v) is 5.41. The number of nitrogens with zero attached hydrogens (tertiary/aromatic N) is 1. The van der Waals surface area contributed by atoms with E-state index in [0.29, 0.717) is 33.0 Å². The first-order valence-electron chi connectivity index (χ1n) is 15.1. The molecule has 0 aromatic rings. The van der Waals surface area contributed by atoms with Crippen LogP contribution < -0.4 is 10.6 Å². The van der Waals surface area contributed by atoms with E-state index in [2.05, 4.69) is 10.6 Å². The lowest BCUT2D eigenvalue weighted by Gasteiger charge is -2.21. The molecule has 0 atom stereocenters. The first kappa shape index (κ1) is 40.4. The third kappa shape index (κ3) is 20.4. The van der Waals surface area contributed by atoms with Gasteiger partial charge in [-0.2, -0.15) is 0 Å². The average Bonchev–Trinajstić information content (AvgIpc) is 3.26. The molecule has 0 fully saturated rings. The Kier molecular flexibility index (Phi) is 18.6. The van der Waals surface area contributed by atoms with Crippen molar-refractivity contribution in [3.8, 4) is 0 Å². The van der Waals surface area contributed by atoms with Gasteiger partial charge in [0.05, 0.1) is 65.7 Å². The minimum absolute atomic E-state index is 0.0235. The number of imide groups is 1. The van der Waals surface area contributed by atoms with Crippen LogP contribution in [-0.4, -0.2) is 118 Å². The van der Waals surface area contributed by atoms with Gasteiger partial charge in [0.15, 0.2) is 0 Å². The summed E-state index contributed by atoms with van der Waals surface area (Å²) in [7, 11) is 0. The van der Waals surface area contributed by atoms with E-state index in [1.807, 2.05) is 0 Å². The fourth-order valence-corrected chi connectivity index (χ4v) is 3.44. The van der Waals surface area contributed by atoms with Crippen molar-refractivity contribution >= 4 is 35.6 Å². The average molecular weight is 656 g/mol. The van der Waals surface area contributed by atoms with E-state index in [-0.39, 0.29) is 63.8 Å². The van der Waals surface area contributed by atoms with Crippen LogP contribution in [-0.2, 0) is 57.2 Å². The van der Waals surface area contributed by atoms with Crippen LogP contribution in [0.2, 0.25) is 0 Å². The van der Waals surface area contributed by atoms with E-state index in [9.17, 15) is 28.8 Å². The van der Waals surface area contributed by atoms with Gasteiger partial charge in [0.2, 0.25) is 11.8 Å². The van der Waals surface area contributed by atoms with Crippen molar-refractivity contribution in [1.82, 2.24) is 15.5 Å². The van der Waals surface area contributed by atoms with Crippen LogP contribution in [0.25, 0.3) is 0 Å². The maximum absolute atomic E-state index is 12.5. The topological polar surface area (TPSA) is 185 Å². The van der Waals surface area contributed by atoms with Crippen LogP contribution in [0.3, 0.4) is 0 Å². The predicted octanol–water partition coefficient (Wildman–Crippen LogP) is 0.948. The van der Waals surface area contributed by atoms with E-state index in [1.165, 1.54) is 18.2 Å². The van der Waals surface area contributed by atoms with Crippen molar-refractivity contribution in [3.63, 3.8) is 0 Å². The number of nitrogens with one attached hydrogen (secondary N) is 2. The molecule has 0 aromatic carbocycles. The van der Waals surface area contributed by atoms with Crippen LogP contribution in [0.1, 0.15) is 60.8 Å². The minimum atomic E-state index is -0.794. The summed E-state index contributed by atoms with van der Waals surface area (Å²) in [6.07, 6.45) is 3.40. The van der Waals surface area contributed by atoms with E-state index < -0.39 is 40.9 Å². The second kappa shape index (κ2) is 21.2. The fraction of sp³-hybridized carbons (Fsp3) is 0.677. The van der Waals surface area contributed by atoms with E-state index in [4.69, 9.17) is 28.4 Å². The Balaban J connectivity index is 2.08. The number of carbonyl (C=O) groups is 6. The maximum Gasteiger partial charge on any atom is 0.355 e. The van der Waals surface area contributed by atoms with Crippen molar-refractivity contribution in [2.75, 3.05) is 65.9 Å². The molecular weight excluding hydrogens is 606 g/mol. The second-order valence-corrected chi connectivity index (χ2v) is 11.9. The normalized spacial score (nSPS) is 13.6. The van der Waals surface area contributed by atoms with Gasteiger partial charge >= 0.3 is 11.9 Å². The van der Waals surface area contributed by atoms with Crippen molar-refractivity contribution in [1.29, 1.82) is 0 Å². The molecule has 2 N–H and O–H groups in total. The molecule has 4 amide bonds. The van der Waals surface area contributed by atoms with Crippen LogP contribution in [0.15, 0.2) is 23.9 Å². The Hall–Kier alpha value is -3.66. The molecule has 0 aromatic heterocycles. The van der Waals surface area contributed by atoms with Gasteiger partial charge in [0.25, 0.3) is 11.8 Å². The van der Waals surface area contributed by atoms with E-state index in [1.54, 1.807) is 41.5 Å². The van der Waals surface area contributed by atoms with Gasteiger partial charge in [-0.05, 0) is 47.6 Å². The minimum Gasteiger partial charge on any atom is -0.460 e. The molecule has 15 nitrogen and oxygen atoms in total. The monoisotopic (exact) mass is 655 g/mol. The second-order valence-electron chi connectivity index (χ2n) is 11.9. The van der Waals surface area contributed by atoms with Crippen LogP contribution in [0.4, 0.5) is 0 Å². The molecule has 260 valence electrons. The van der Waals surface area contributed by atoms with Gasteiger partial charge in [0.1, 0.15) is 16.9 Å². The highest BCUT2D eigenvalue weighted by molar-refractivity contribution is 6.13. The lowest BCUT2D eigenvalue weighted by Crippen LogP contribution is -2.35. The smallest absolute Gasteiger partial charge is 0.355 e. The highest BCUT2D eigenvalue weighted by Crippen LogP contribution is 2.12. The molecule has 0 aliphatic carbocycles. The molecule has 0 saturated heterocycles. The van der Waals surface area contributed by atoms with Gasteiger partial charge in [-0.1, -0.05) is 0 Å². The van der Waals surface area contributed by atoms with Crippen molar-refractivity contribution in [2.45, 2.75) is 72.0 Å². The first-order chi connectivity index (χ1) is 21.6. The Morgan fingerprint density at radius 1 is 0.696 bits per heavy atom. The van der Waals surface area contributed by atoms with Crippen LogP contribution >= 0.6 is 0 Å². The van der Waals surface area contributed by atoms with Gasteiger partial charge < -0.3 is 39.1 Å². The molecule has 0 unspecified atom stereocenters. The molecule has 15 heteroatoms. The van der Waals surface area contributed by atoms with Gasteiger partial charge in [-0.25, -0.2) is 4.79 Å².